The molecule has 2 heterocycles. The van der Waals surface area contributed by atoms with Crippen molar-refractivity contribution in [1.82, 2.24) is 15.2 Å². The Labute approximate surface area is 149 Å². The maximum Gasteiger partial charge on any atom is 0.227 e. The predicted molar refractivity (Wildman–Crippen MR) is 91.3 cm³/mol. The van der Waals surface area contributed by atoms with E-state index in [2.05, 4.69) is 15.2 Å². The van der Waals surface area contributed by atoms with E-state index in [0.717, 1.165) is 10.0 Å². The summed E-state index contributed by atoms with van der Waals surface area (Å²) < 4.78 is 20.1. The average Bonchev–Trinajstić information content (AvgIpc) is 3.20. The van der Waals surface area contributed by atoms with Gasteiger partial charge in [0.2, 0.25) is 11.8 Å². The van der Waals surface area contributed by atoms with Crippen LogP contribution in [0.2, 0.25) is 0 Å². The van der Waals surface area contributed by atoms with Gasteiger partial charge in [0.05, 0.1) is 11.4 Å². The molecular weight excluding hydrogens is 371 g/mol. The zero-order valence-corrected chi connectivity index (χ0v) is 14.6. The Kier molecular flexibility index (Phi) is 5.48. The normalized spacial score (nSPS) is 10.9. The molecular formula is C14H11FN4O2S3. The third kappa shape index (κ3) is 4.56. The number of aromatic nitrogens is 3. The minimum absolute atomic E-state index is 0.180. The van der Waals surface area contributed by atoms with Gasteiger partial charge in [-0.05, 0) is 18.2 Å². The third-order valence-electron chi connectivity index (χ3n) is 2.69. The molecule has 0 bridgehead atoms. The van der Waals surface area contributed by atoms with Crippen molar-refractivity contribution in [2.24, 2.45) is 5.73 Å². The van der Waals surface area contributed by atoms with Crippen molar-refractivity contribution in [3.8, 4) is 11.5 Å². The van der Waals surface area contributed by atoms with Crippen LogP contribution < -0.4 is 5.73 Å². The summed E-state index contributed by atoms with van der Waals surface area (Å²) in [6.45, 7) is 0. The number of nitrogens with zero attached hydrogens (tertiary/aromatic N) is 3. The Morgan fingerprint density at radius 2 is 2.08 bits per heavy atom. The van der Waals surface area contributed by atoms with Gasteiger partial charge in [-0.25, -0.2) is 9.37 Å². The SMILES string of the molecule is NC(=O)CSc1nnc(SCc2coc(-c3cccc(F)c3)n2)s1. The fourth-order valence-electron chi connectivity index (χ4n) is 1.71. The molecule has 2 N–H and O–H groups in total. The topological polar surface area (TPSA) is 94.9 Å². The first-order chi connectivity index (χ1) is 11.6. The molecule has 0 saturated heterocycles. The van der Waals surface area contributed by atoms with Crippen LogP contribution in [0, 0.1) is 5.82 Å². The molecule has 0 atom stereocenters. The standard InChI is InChI=1S/C14H11FN4O2S3/c15-9-3-1-2-8(4-9)12-17-10(5-21-12)6-22-13-18-19-14(24-13)23-7-11(16)20/h1-5H,6-7H2,(H2,16,20). The molecule has 0 spiro atoms. The molecule has 0 aliphatic rings. The Morgan fingerprint density at radius 1 is 1.29 bits per heavy atom. The Morgan fingerprint density at radius 3 is 2.83 bits per heavy atom. The number of nitrogens with two attached hydrogens (primary N) is 1. The molecule has 124 valence electrons. The van der Waals surface area contributed by atoms with Gasteiger partial charge >= 0.3 is 0 Å². The molecule has 10 heteroatoms. The van der Waals surface area contributed by atoms with E-state index in [1.807, 2.05) is 0 Å². The summed E-state index contributed by atoms with van der Waals surface area (Å²) in [6.07, 6.45) is 1.54. The highest BCUT2D eigenvalue weighted by Crippen LogP contribution is 2.31. The van der Waals surface area contributed by atoms with Gasteiger partial charge in [0, 0.05) is 11.3 Å². The van der Waals surface area contributed by atoms with E-state index >= 15 is 0 Å². The number of halogens is 1. The second-order valence-corrected chi connectivity index (χ2v) is 7.95. The third-order valence-corrected chi connectivity index (χ3v) is 5.94. The van der Waals surface area contributed by atoms with Gasteiger partial charge < -0.3 is 10.2 Å². The molecule has 24 heavy (non-hydrogen) atoms. The summed E-state index contributed by atoms with van der Waals surface area (Å²) in [7, 11) is 0. The number of primary amides is 1. The smallest absolute Gasteiger partial charge is 0.227 e. The van der Waals surface area contributed by atoms with E-state index in [-0.39, 0.29) is 11.6 Å². The number of amides is 1. The maximum absolute atomic E-state index is 13.2. The number of thioether (sulfide) groups is 2. The first kappa shape index (κ1) is 16.9. The molecule has 1 aromatic carbocycles. The van der Waals surface area contributed by atoms with Crippen LogP contribution in [0.3, 0.4) is 0 Å². The lowest BCUT2D eigenvalue weighted by Crippen LogP contribution is -2.12. The molecule has 0 unspecified atom stereocenters. The van der Waals surface area contributed by atoms with E-state index in [1.165, 1.54) is 53.3 Å². The van der Waals surface area contributed by atoms with Crippen molar-refractivity contribution < 1.29 is 13.6 Å². The van der Waals surface area contributed by atoms with Crippen molar-refractivity contribution in [1.29, 1.82) is 0 Å². The summed E-state index contributed by atoms with van der Waals surface area (Å²) in [5.74, 6) is 0.376. The van der Waals surface area contributed by atoms with Crippen LogP contribution >= 0.6 is 34.9 Å². The van der Waals surface area contributed by atoms with E-state index in [9.17, 15) is 9.18 Å². The van der Waals surface area contributed by atoms with Crippen LogP contribution in [0.4, 0.5) is 4.39 Å². The first-order valence-electron chi connectivity index (χ1n) is 6.68. The number of hydrogen-bond donors (Lipinski definition) is 1. The number of rotatable bonds is 7. The quantitative estimate of drug-likeness (QED) is 0.627. The van der Waals surface area contributed by atoms with Gasteiger partial charge in [-0.2, -0.15) is 0 Å². The van der Waals surface area contributed by atoms with Crippen molar-refractivity contribution in [2.75, 3.05) is 5.75 Å². The van der Waals surface area contributed by atoms with E-state index in [0.29, 0.717) is 21.5 Å². The van der Waals surface area contributed by atoms with E-state index in [4.69, 9.17) is 10.2 Å². The Hall–Kier alpha value is -1.91. The summed E-state index contributed by atoms with van der Waals surface area (Å²) in [4.78, 5) is 15.1. The highest BCUT2D eigenvalue weighted by molar-refractivity contribution is 8.03. The monoisotopic (exact) mass is 382 g/mol. The average molecular weight is 382 g/mol. The van der Waals surface area contributed by atoms with Crippen LogP contribution in [0.15, 0.2) is 43.6 Å². The predicted octanol–water partition coefficient (Wildman–Crippen LogP) is 3.20. The van der Waals surface area contributed by atoms with Crippen molar-refractivity contribution in [2.45, 2.75) is 14.4 Å². The van der Waals surface area contributed by atoms with Crippen LogP contribution in [-0.2, 0) is 10.5 Å². The first-order valence-corrected chi connectivity index (χ1v) is 9.46. The second-order valence-electron chi connectivity index (χ2n) is 4.53. The highest BCUT2D eigenvalue weighted by Gasteiger charge is 2.11. The summed E-state index contributed by atoms with van der Waals surface area (Å²) in [5.41, 5.74) is 6.40. The van der Waals surface area contributed by atoms with E-state index < -0.39 is 5.91 Å². The molecule has 0 fully saturated rings. The van der Waals surface area contributed by atoms with Crippen LogP contribution in [0.25, 0.3) is 11.5 Å². The van der Waals surface area contributed by atoms with Gasteiger partial charge in [0.15, 0.2) is 8.68 Å². The van der Waals surface area contributed by atoms with Crippen LogP contribution in [0.1, 0.15) is 5.69 Å². The van der Waals surface area contributed by atoms with Gasteiger partial charge in [-0.15, -0.1) is 10.2 Å². The number of carbonyl (C=O) groups is 1. The zero-order valence-electron chi connectivity index (χ0n) is 12.1. The van der Waals surface area contributed by atoms with Gasteiger partial charge in [-0.3, -0.25) is 4.79 Å². The Bertz CT molecular complexity index is 852. The summed E-state index contributed by atoms with van der Waals surface area (Å²) >= 11 is 4.11. The molecule has 3 rings (SSSR count). The number of hydrogen-bond acceptors (Lipinski definition) is 8. The maximum atomic E-state index is 13.2. The van der Waals surface area contributed by atoms with E-state index in [1.54, 1.807) is 12.1 Å². The Balaban J connectivity index is 1.58. The largest absolute Gasteiger partial charge is 0.444 e. The number of oxazole rings is 1. The number of carbonyl (C=O) groups excluding carboxylic acids is 1. The van der Waals surface area contributed by atoms with Crippen LogP contribution in [0.5, 0.6) is 0 Å². The second kappa shape index (κ2) is 7.77. The zero-order chi connectivity index (χ0) is 16.9. The fourth-order valence-corrected chi connectivity index (χ4v) is 4.35. The molecule has 0 aliphatic heterocycles. The molecule has 1 amide bonds. The fraction of sp³-hybridized carbons (Fsp3) is 0.143. The van der Waals surface area contributed by atoms with Crippen molar-refractivity contribution in [3.63, 3.8) is 0 Å². The number of benzene rings is 1. The molecule has 6 nitrogen and oxygen atoms in total. The van der Waals surface area contributed by atoms with Gasteiger partial charge in [0.25, 0.3) is 0 Å². The van der Waals surface area contributed by atoms with Crippen molar-refractivity contribution in [3.05, 3.63) is 42.0 Å². The minimum Gasteiger partial charge on any atom is -0.444 e. The summed E-state index contributed by atoms with van der Waals surface area (Å²) in [6, 6.07) is 6.08. The van der Waals surface area contributed by atoms with Crippen LogP contribution in [-0.4, -0.2) is 26.8 Å². The van der Waals surface area contributed by atoms with Gasteiger partial charge in [-0.1, -0.05) is 40.9 Å². The molecule has 0 radical (unpaired) electrons. The lowest BCUT2D eigenvalue weighted by Gasteiger charge is -1.94. The van der Waals surface area contributed by atoms with Gasteiger partial charge in [0.1, 0.15) is 12.1 Å². The lowest BCUT2D eigenvalue weighted by atomic mass is 10.2. The highest BCUT2D eigenvalue weighted by atomic mass is 32.2. The molecule has 0 aliphatic carbocycles. The molecule has 3 aromatic rings. The molecule has 2 aromatic heterocycles. The minimum atomic E-state index is -0.392. The van der Waals surface area contributed by atoms with Crippen molar-refractivity contribution >= 4 is 40.8 Å². The molecule has 0 saturated carbocycles. The summed E-state index contributed by atoms with van der Waals surface area (Å²) in [5, 5.41) is 8.02. The lowest BCUT2D eigenvalue weighted by molar-refractivity contribution is -0.115.